The molecule has 0 aliphatic rings. The predicted octanol–water partition coefficient (Wildman–Crippen LogP) is 3.68. The van der Waals surface area contributed by atoms with Crippen LogP contribution < -0.4 is 5.32 Å². The molecule has 3 aromatic rings. The molecule has 0 bridgehead atoms. The number of amides is 1. The van der Waals surface area contributed by atoms with Crippen molar-refractivity contribution < 1.29 is 9.21 Å². The maximum absolute atomic E-state index is 11.9. The van der Waals surface area contributed by atoms with Gasteiger partial charge in [-0.25, -0.2) is 0 Å². The molecular formula is C16H15N3O2S. The number of carbonyl (C=O) groups is 1. The minimum Gasteiger partial charge on any atom is -0.421 e. The van der Waals surface area contributed by atoms with E-state index < -0.39 is 0 Å². The molecule has 0 aliphatic heterocycles. The molecule has 0 fully saturated rings. The lowest BCUT2D eigenvalue weighted by Crippen LogP contribution is -2.12. The van der Waals surface area contributed by atoms with Crippen LogP contribution in [0.15, 0.2) is 45.5 Å². The first-order chi connectivity index (χ1) is 10.7. The van der Waals surface area contributed by atoms with Crippen molar-refractivity contribution in [2.45, 2.75) is 19.8 Å². The Hall–Kier alpha value is -2.47. The minimum atomic E-state index is -0.0686. The lowest BCUT2D eigenvalue weighted by molar-refractivity contribution is -0.116. The molecule has 0 saturated carbocycles. The maximum Gasteiger partial charge on any atom is 0.248 e. The highest BCUT2D eigenvalue weighted by Gasteiger charge is 2.11. The van der Waals surface area contributed by atoms with E-state index in [0.717, 1.165) is 16.8 Å². The summed E-state index contributed by atoms with van der Waals surface area (Å²) in [6.45, 7) is 1.99. The third kappa shape index (κ3) is 3.59. The van der Waals surface area contributed by atoms with Gasteiger partial charge in [0.1, 0.15) is 0 Å². The van der Waals surface area contributed by atoms with Crippen molar-refractivity contribution in [3.05, 3.63) is 52.5 Å². The van der Waals surface area contributed by atoms with Crippen LogP contribution in [0.3, 0.4) is 0 Å². The number of hydrogen-bond donors (Lipinski definition) is 1. The Kier molecular flexibility index (Phi) is 4.29. The van der Waals surface area contributed by atoms with E-state index in [0.29, 0.717) is 24.6 Å². The Labute approximate surface area is 132 Å². The summed E-state index contributed by atoms with van der Waals surface area (Å²) in [5, 5.41) is 14.7. The highest BCUT2D eigenvalue weighted by atomic mass is 32.1. The molecule has 0 aliphatic carbocycles. The first-order valence-corrected chi connectivity index (χ1v) is 7.86. The minimum absolute atomic E-state index is 0.0686. The van der Waals surface area contributed by atoms with Crippen LogP contribution in [0, 0.1) is 6.92 Å². The van der Waals surface area contributed by atoms with Crippen LogP contribution in [-0.2, 0) is 11.2 Å². The molecule has 0 unspecified atom stereocenters. The molecule has 2 aromatic heterocycles. The molecule has 1 aromatic carbocycles. The van der Waals surface area contributed by atoms with E-state index in [9.17, 15) is 4.79 Å². The average Bonchev–Trinajstić information content (AvgIpc) is 3.16. The molecule has 5 nitrogen and oxygen atoms in total. The zero-order chi connectivity index (χ0) is 15.4. The van der Waals surface area contributed by atoms with E-state index in [-0.39, 0.29) is 5.91 Å². The Morgan fingerprint density at radius 3 is 3.00 bits per heavy atom. The molecule has 0 radical (unpaired) electrons. The van der Waals surface area contributed by atoms with E-state index >= 15 is 0 Å². The SMILES string of the molecule is Cc1cccc(NC(=O)CCc2nnc(-c3ccsc3)o2)c1. The molecule has 1 amide bonds. The van der Waals surface area contributed by atoms with Crippen LogP contribution >= 0.6 is 11.3 Å². The maximum atomic E-state index is 11.9. The summed E-state index contributed by atoms with van der Waals surface area (Å²) in [6.07, 6.45) is 0.730. The number of benzene rings is 1. The third-order valence-electron chi connectivity index (χ3n) is 3.10. The number of nitrogens with one attached hydrogen (secondary N) is 1. The highest BCUT2D eigenvalue weighted by Crippen LogP contribution is 2.20. The number of hydrogen-bond acceptors (Lipinski definition) is 5. The number of aryl methyl sites for hydroxylation is 2. The summed E-state index contributed by atoms with van der Waals surface area (Å²) in [4.78, 5) is 11.9. The zero-order valence-corrected chi connectivity index (χ0v) is 12.9. The van der Waals surface area contributed by atoms with Gasteiger partial charge in [0.05, 0.1) is 0 Å². The summed E-state index contributed by atoms with van der Waals surface area (Å²) < 4.78 is 5.55. The normalized spacial score (nSPS) is 10.6. The van der Waals surface area contributed by atoms with Crippen molar-refractivity contribution in [1.82, 2.24) is 10.2 Å². The average molecular weight is 313 g/mol. The van der Waals surface area contributed by atoms with Crippen LogP contribution in [0.4, 0.5) is 5.69 Å². The largest absolute Gasteiger partial charge is 0.421 e. The van der Waals surface area contributed by atoms with E-state index in [1.165, 1.54) is 0 Å². The summed E-state index contributed by atoms with van der Waals surface area (Å²) in [5.74, 6) is 0.900. The van der Waals surface area contributed by atoms with Gasteiger partial charge in [-0.2, -0.15) is 11.3 Å². The van der Waals surface area contributed by atoms with Crippen molar-refractivity contribution in [2.75, 3.05) is 5.32 Å². The van der Waals surface area contributed by atoms with E-state index in [1.807, 2.05) is 48.0 Å². The monoisotopic (exact) mass is 313 g/mol. The van der Waals surface area contributed by atoms with Crippen molar-refractivity contribution in [1.29, 1.82) is 0 Å². The summed E-state index contributed by atoms with van der Waals surface area (Å²) in [6, 6.07) is 9.62. The van der Waals surface area contributed by atoms with Crippen LogP contribution in [-0.4, -0.2) is 16.1 Å². The van der Waals surface area contributed by atoms with Gasteiger partial charge in [-0.05, 0) is 36.1 Å². The second-order valence-corrected chi connectivity index (χ2v) is 5.71. The molecule has 0 spiro atoms. The lowest BCUT2D eigenvalue weighted by Gasteiger charge is -2.04. The fraction of sp³-hybridized carbons (Fsp3) is 0.188. The Bertz CT molecular complexity index is 765. The third-order valence-corrected chi connectivity index (χ3v) is 3.79. The quantitative estimate of drug-likeness (QED) is 0.780. The van der Waals surface area contributed by atoms with Crippen LogP contribution in [0.2, 0.25) is 0 Å². The number of nitrogens with zero attached hydrogens (tertiary/aromatic N) is 2. The molecule has 2 heterocycles. The van der Waals surface area contributed by atoms with Crippen molar-refractivity contribution in [3.8, 4) is 11.5 Å². The number of aromatic nitrogens is 2. The van der Waals surface area contributed by atoms with Gasteiger partial charge in [0.25, 0.3) is 0 Å². The second-order valence-electron chi connectivity index (χ2n) is 4.93. The van der Waals surface area contributed by atoms with Gasteiger partial charge in [0.15, 0.2) is 0 Å². The van der Waals surface area contributed by atoms with Gasteiger partial charge in [-0.1, -0.05) is 12.1 Å². The zero-order valence-electron chi connectivity index (χ0n) is 12.1. The standard InChI is InChI=1S/C16H15N3O2S/c1-11-3-2-4-13(9-11)17-14(20)5-6-15-18-19-16(21-15)12-7-8-22-10-12/h2-4,7-10H,5-6H2,1H3,(H,17,20). The van der Waals surface area contributed by atoms with Gasteiger partial charge in [0, 0.05) is 29.5 Å². The molecular weight excluding hydrogens is 298 g/mol. The Morgan fingerprint density at radius 1 is 1.32 bits per heavy atom. The summed E-state index contributed by atoms with van der Waals surface area (Å²) >= 11 is 1.57. The van der Waals surface area contributed by atoms with Gasteiger partial charge in [0.2, 0.25) is 17.7 Å². The molecule has 112 valence electrons. The van der Waals surface area contributed by atoms with Gasteiger partial charge in [-0.3, -0.25) is 4.79 Å². The van der Waals surface area contributed by atoms with Crippen LogP contribution in [0.5, 0.6) is 0 Å². The van der Waals surface area contributed by atoms with Crippen molar-refractivity contribution in [2.24, 2.45) is 0 Å². The molecule has 1 N–H and O–H groups in total. The number of anilines is 1. The fourth-order valence-electron chi connectivity index (χ4n) is 2.02. The van der Waals surface area contributed by atoms with E-state index in [1.54, 1.807) is 11.3 Å². The highest BCUT2D eigenvalue weighted by molar-refractivity contribution is 7.08. The van der Waals surface area contributed by atoms with Gasteiger partial charge >= 0.3 is 0 Å². The van der Waals surface area contributed by atoms with Gasteiger partial charge in [-0.15, -0.1) is 10.2 Å². The van der Waals surface area contributed by atoms with Gasteiger partial charge < -0.3 is 9.73 Å². The first kappa shape index (κ1) is 14.5. The Balaban J connectivity index is 1.55. The Morgan fingerprint density at radius 2 is 2.23 bits per heavy atom. The van der Waals surface area contributed by atoms with E-state index in [4.69, 9.17) is 4.42 Å². The second kappa shape index (κ2) is 6.53. The molecule has 6 heteroatoms. The topological polar surface area (TPSA) is 68.0 Å². The van der Waals surface area contributed by atoms with E-state index in [2.05, 4.69) is 15.5 Å². The molecule has 0 atom stereocenters. The fourth-order valence-corrected chi connectivity index (χ4v) is 2.65. The summed E-state index contributed by atoms with van der Waals surface area (Å²) in [5.41, 5.74) is 2.82. The molecule has 22 heavy (non-hydrogen) atoms. The number of thiophene rings is 1. The van der Waals surface area contributed by atoms with Crippen molar-refractivity contribution in [3.63, 3.8) is 0 Å². The van der Waals surface area contributed by atoms with Crippen LogP contribution in [0.1, 0.15) is 17.9 Å². The number of carbonyl (C=O) groups excluding carboxylic acids is 1. The molecule has 3 rings (SSSR count). The predicted molar refractivity (Wildman–Crippen MR) is 85.7 cm³/mol. The first-order valence-electron chi connectivity index (χ1n) is 6.92. The number of rotatable bonds is 5. The van der Waals surface area contributed by atoms with Crippen molar-refractivity contribution >= 4 is 22.9 Å². The smallest absolute Gasteiger partial charge is 0.248 e. The lowest BCUT2D eigenvalue weighted by atomic mass is 10.2. The van der Waals surface area contributed by atoms with Crippen LogP contribution in [0.25, 0.3) is 11.5 Å². The molecule has 0 saturated heterocycles. The summed E-state index contributed by atoms with van der Waals surface area (Å²) in [7, 11) is 0.